The lowest BCUT2D eigenvalue weighted by Gasteiger charge is -2.58. The van der Waals surface area contributed by atoms with Crippen molar-refractivity contribution in [2.45, 2.75) is 18.0 Å². The van der Waals surface area contributed by atoms with Gasteiger partial charge >= 0.3 is 6.03 Å². The van der Waals surface area contributed by atoms with Gasteiger partial charge in [-0.2, -0.15) is 0 Å². The van der Waals surface area contributed by atoms with Crippen molar-refractivity contribution < 1.29 is 19.1 Å². The van der Waals surface area contributed by atoms with Crippen LogP contribution in [0.4, 0.5) is 14.9 Å². The second-order valence-electron chi connectivity index (χ2n) is 8.67. The molecule has 2 aliphatic rings. The molecule has 3 atom stereocenters. The number of nitrogens with zero attached hydrogens (tertiary/aromatic N) is 2. The minimum atomic E-state index is -0.539. The maximum atomic E-state index is 14.0. The number of amides is 3. The topological polar surface area (TPSA) is 72.9 Å². The summed E-state index contributed by atoms with van der Waals surface area (Å²) in [5.41, 5.74) is 2.83. The molecule has 6 nitrogen and oxygen atoms in total. The van der Waals surface area contributed by atoms with E-state index in [9.17, 15) is 19.1 Å². The molecule has 0 spiro atoms. The Morgan fingerprint density at radius 2 is 1.63 bits per heavy atom. The SMILES string of the molecule is O=C(Nc1ccccc1F)N1CC(=O)N2[C@@H](CO)[C@H](c3ccc(C#Cc4ccccc4)cc3)[C@@H]2C1. The molecule has 0 aromatic heterocycles. The van der Waals surface area contributed by atoms with Gasteiger partial charge < -0.3 is 20.2 Å². The van der Waals surface area contributed by atoms with E-state index < -0.39 is 11.8 Å². The van der Waals surface area contributed by atoms with Crippen LogP contribution in [0.5, 0.6) is 0 Å². The first-order chi connectivity index (χ1) is 17.0. The quantitative estimate of drug-likeness (QED) is 0.578. The number of anilines is 1. The van der Waals surface area contributed by atoms with E-state index in [1.165, 1.54) is 17.0 Å². The highest BCUT2D eigenvalue weighted by Crippen LogP contribution is 2.43. The number of urea groups is 1. The maximum Gasteiger partial charge on any atom is 0.322 e. The highest BCUT2D eigenvalue weighted by atomic mass is 19.1. The molecule has 176 valence electrons. The third-order valence-corrected chi connectivity index (χ3v) is 6.58. The lowest BCUT2D eigenvalue weighted by atomic mass is 9.73. The number of benzene rings is 3. The zero-order valence-corrected chi connectivity index (χ0v) is 18.9. The van der Waals surface area contributed by atoms with Gasteiger partial charge in [0.25, 0.3) is 0 Å². The number of aliphatic hydroxyl groups excluding tert-OH is 1. The first-order valence-corrected chi connectivity index (χ1v) is 11.4. The number of hydrogen-bond donors (Lipinski definition) is 2. The zero-order valence-electron chi connectivity index (χ0n) is 18.9. The molecule has 0 saturated carbocycles. The molecular weight excluding hydrogens is 445 g/mol. The van der Waals surface area contributed by atoms with Gasteiger partial charge in [0.05, 0.1) is 24.4 Å². The van der Waals surface area contributed by atoms with Gasteiger partial charge in [-0.3, -0.25) is 4.79 Å². The normalized spacial score (nSPS) is 20.9. The molecule has 7 heteroatoms. The summed E-state index contributed by atoms with van der Waals surface area (Å²) in [5, 5.41) is 12.5. The number of carbonyl (C=O) groups is 2. The van der Waals surface area contributed by atoms with Crippen molar-refractivity contribution in [3.63, 3.8) is 0 Å². The van der Waals surface area contributed by atoms with Gasteiger partial charge in [-0.25, -0.2) is 9.18 Å². The first kappa shape index (κ1) is 22.6. The minimum absolute atomic E-state index is 0.0676. The van der Waals surface area contributed by atoms with E-state index >= 15 is 0 Å². The summed E-state index contributed by atoms with van der Waals surface area (Å²) in [5.74, 6) is 5.38. The number of hydrogen-bond acceptors (Lipinski definition) is 3. The van der Waals surface area contributed by atoms with Crippen LogP contribution in [0.25, 0.3) is 0 Å². The molecule has 0 bridgehead atoms. The fraction of sp³-hybridized carbons (Fsp3) is 0.214. The molecule has 2 aliphatic heterocycles. The van der Waals surface area contributed by atoms with Crippen molar-refractivity contribution in [1.82, 2.24) is 9.80 Å². The summed E-state index contributed by atoms with van der Waals surface area (Å²) >= 11 is 0. The smallest absolute Gasteiger partial charge is 0.322 e. The molecular formula is C28H24FN3O3. The van der Waals surface area contributed by atoms with Crippen LogP contribution in [0, 0.1) is 17.7 Å². The number of carbonyl (C=O) groups excluding carboxylic acids is 2. The van der Waals surface area contributed by atoms with Crippen molar-refractivity contribution in [2.75, 3.05) is 25.0 Å². The lowest BCUT2D eigenvalue weighted by Crippen LogP contribution is -2.73. The zero-order chi connectivity index (χ0) is 24.4. The highest BCUT2D eigenvalue weighted by molar-refractivity contribution is 5.94. The van der Waals surface area contributed by atoms with Crippen molar-refractivity contribution >= 4 is 17.6 Å². The van der Waals surface area contributed by atoms with Gasteiger partial charge in [0.1, 0.15) is 12.4 Å². The number of rotatable bonds is 3. The van der Waals surface area contributed by atoms with Crippen LogP contribution in [0.2, 0.25) is 0 Å². The van der Waals surface area contributed by atoms with Gasteiger partial charge in [0.15, 0.2) is 0 Å². The van der Waals surface area contributed by atoms with Crippen LogP contribution in [0.1, 0.15) is 22.6 Å². The molecule has 2 fully saturated rings. The molecule has 3 amide bonds. The number of nitrogens with one attached hydrogen (secondary N) is 1. The van der Waals surface area contributed by atoms with Crippen LogP contribution in [0.15, 0.2) is 78.9 Å². The maximum absolute atomic E-state index is 14.0. The molecule has 0 radical (unpaired) electrons. The molecule has 2 heterocycles. The van der Waals surface area contributed by atoms with E-state index in [1.807, 2.05) is 54.6 Å². The van der Waals surface area contributed by atoms with E-state index in [-0.39, 0.29) is 42.7 Å². The molecule has 3 aromatic rings. The number of fused-ring (bicyclic) bond motifs is 1. The number of aliphatic hydroxyl groups is 1. The average molecular weight is 470 g/mol. The Balaban J connectivity index is 1.32. The summed E-state index contributed by atoms with van der Waals surface area (Å²) in [4.78, 5) is 28.7. The summed E-state index contributed by atoms with van der Waals surface area (Å²) < 4.78 is 14.0. The van der Waals surface area contributed by atoms with E-state index in [1.54, 1.807) is 17.0 Å². The predicted molar refractivity (Wildman–Crippen MR) is 130 cm³/mol. The number of piperazine rings is 1. The molecule has 3 aromatic carbocycles. The Bertz CT molecular complexity index is 1300. The molecule has 35 heavy (non-hydrogen) atoms. The number of halogens is 1. The Hall–Kier alpha value is -4.15. The second-order valence-corrected chi connectivity index (χ2v) is 8.67. The summed E-state index contributed by atoms with van der Waals surface area (Å²) in [7, 11) is 0. The Morgan fingerprint density at radius 1 is 0.971 bits per heavy atom. The third kappa shape index (κ3) is 4.48. The second kappa shape index (κ2) is 9.61. The van der Waals surface area contributed by atoms with E-state index in [0.717, 1.165) is 16.7 Å². The highest BCUT2D eigenvalue weighted by Gasteiger charge is 2.54. The largest absolute Gasteiger partial charge is 0.394 e. The molecule has 0 aliphatic carbocycles. The molecule has 2 saturated heterocycles. The molecule has 5 rings (SSSR count). The molecule has 2 N–H and O–H groups in total. The van der Waals surface area contributed by atoms with Crippen LogP contribution >= 0.6 is 0 Å². The fourth-order valence-electron chi connectivity index (χ4n) is 4.87. The average Bonchev–Trinajstić information content (AvgIpc) is 2.86. The van der Waals surface area contributed by atoms with Gasteiger partial charge in [-0.1, -0.05) is 54.3 Å². The monoisotopic (exact) mass is 469 g/mol. The van der Waals surface area contributed by atoms with Gasteiger partial charge in [0, 0.05) is 23.6 Å². The van der Waals surface area contributed by atoms with E-state index in [0.29, 0.717) is 6.54 Å². The number of para-hydroxylation sites is 1. The van der Waals surface area contributed by atoms with Gasteiger partial charge in [0.2, 0.25) is 5.91 Å². The minimum Gasteiger partial charge on any atom is -0.394 e. The van der Waals surface area contributed by atoms with Crippen molar-refractivity contribution in [3.05, 3.63) is 101 Å². The van der Waals surface area contributed by atoms with Crippen molar-refractivity contribution in [2.24, 2.45) is 0 Å². The summed E-state index contributed by atoms with van der Waals surface area (Å²) in [6.07, 6.45) is 0. The van der Waals surface area contributed by atoms with Crippen LogP contribution in [0.3, 0.4) is 0 Å². The van der Waals surface area contributed by atoms with E-state index in [2.05, 4.69) is 17.2 Å². The Labute approximate surface area is 203 Å². The lowest BCUT2D eigenvalue weighted by molar-refractivity contribution is -0.159. The van der Waals surface area contributed by atoms with Gasteiger partial charge in [-0.05, 0) is 42.0 Å². The first-order valence-electron chi connectivity index (χ1n) is 11.4. The summed E-state index contributed by atoms with van der Waals surface area (Å²) in [6, 6.07) is 22.3. The van der Waals surface area contributed by atoms with Crippen molar-refractivity contribution in [3.8, 4) is 11.8 Å². The standard InChI is InChI=1S/C28H24FN3O3/c29-22-8-4-5-9-23(22)30-28(35)31-16-24-27(25(18-33)32(24)26(34)17-31)21-14-12-20(13-15-21)11-10-19-6-2-1-3-7-19/h1-9,12-15,24-25,27,33H,16-18H2,(H,30,35)/t24-,25-,27+/m0/s1. The summed E-state index contributed by atoms with van der Waals surface area (Å²) in [6.45, 7) is 0.0146. The van der Waals surface area contributed by atoms with Crippen LogP contribution < -0.4 is 5.32 Å². The Morgan fingerprint density at radius 3 is 2.31 bits per heavy atom. The third-order valence-electron chi connectivity index (χ3n) is 6.58. The Kier molecular flexibility index (Phi) is 6.21. The van der Waals surface area contributed by atoms with Crippen LogP contribution in [-0.4, -0.2) is 58.6 Å². The van der Waals surface area contributed by atoms with E-state index in [4.69, 9.17) is 0 Å². The van der Waals surface area contributed by atoms with Crippen LogP contribution in [-0.2, 0) is 4.79 Å². The van der Waals surface area contributed by atoms with Gasteiger partial charge in [-0.15, -0.1) is 0 Å². The molecule has 0 unspecified atom stereocenters. The predicted octanol–water partition coefficient (Wildman–Crippen LogP) is 3.43. The van der Waals surface area contributed by atoms with Crippen molar-refractivity contribution in [1.29, 1.82) is 0 Å². The fourth-order valence-corrected chi connectivity index (χ4v) is 4.87.